The van der Waals surface area contributed by atoms with Gasteiger partial charge in [0.25, 0.3) is 11.8 Å². The summed E-state index contributed by atoms with van der Waals surface area (Å²) >= 11 is 0. The van der Waals surface area contributed by atoms with Crippen molar-refractivity contribution in [3.63, 3.8) is 0 Å². The number of carbonyl (C=O) groups excluding carboxylic acids is 2. The summed E-state index contributed by atoms with van der Waals surface area (Å²) in [5, 5.41) is 3.15. The lowest BCUT2D eigenvalue weighted by Gasteiger charge is -2.31. The van der Waals surface area contributed by atoms with Crippen LogP contribution >= 0.6 is 0 Å². The number of nitrogens with zero attached hydrogens (tertiary/aromatic N) is 2. The van der Waals surface area contributed by atoms with E-state index in [2.05, 4.69) is 23.2 Å². The average Bonchev–Trinajstić information content (AvgIpc) is 3.50. The second-order valence-electron chi connectivity index (χ2n) is 9.97. The monoisotopic (exact) mass is 445 g/mol. The van der Waals surface area contributed by atoms with Gasteiger partial charge in [-0.3, -0.25) is 14.5 Å². The van der Waals surface area contributed by atoms with Crippen LogP contribution in [0.4, 0.5) is 0 Å². The summed E-state index contributed by atoms with van der Waals surface area (Å²) in [6.45, 7) is 6.02. The van der Waals surface area contributed by atoms with E-state index in [0.29, 0.717) is 17.6 Å². The van der Waals surface area contributed by atoms with Gasteiger partial charge in [0.15, 0.2) is 0 Å². The first-order valence-electron chi connectivity index (χ1n) is 12.7. The van der Waals surface area contributed by atoms with Crippen molar-refractivity contribution in [2.75, 3.05) is 26.2 Å². The fourth-order valence-electron chi connectivity index (χ4n) is 5.66. The Kier molecular flexibility index (Phi) is 6.50. The fraction of sp³-hybridized carbons (Fsp3) is 0.500. The van der Waals surface area contributed by atoms with Crippen molar-refractivity contribution in [3.8, 4) is 11.1 Å². The molecule has 5 nitrogen and oxygen atoms in total. The van der Waals surface area contributed by atoms with Crippen LogP contribution in [0.3, 0.4) is 0 Å². The van der Waals surface area contributed by atoms with Crippen LogP contribution in [-0.2, 0) is 6.42 Å². The number of hydrogen-bond acceptors (Lipinski definition) is 3. The molecule has 3 aliphatic rings. The van der Waals surface area contributed by atoms with Crippen LogP contribution in [0.5, 0.6) is 0 Å². The zero-order valence-corrected chi connectivity index (χ0v) is 19.7. The van der Waals surface area contributed by atoms with Crippen molar-refractivity contribution in [1.82, 2.24) is 15.1 Å². The zero-order chi connectivity index (χ0) is 22.8. The number of likely N-dealkylation sites (tertiary alicyclic amines) is 1. The Labute approximate surface area is 197 Å². The van der Waals surface area contributed by atoms with Gasteiger partial charge in [0.05, 0.1) is 0 Å². The van der Waals surface area contributed by atoms with Gasteiger partial charge in [0.1, 0.15) is 0 Å². The maximum atomic E-state index is 13.1. The second kappa shape index (κ2) is 9.68. The van der Waals surface area contributed by atoms with Gasteiger partial charge in [-0.2, -0.15) is 0 Å². The Morgan fingerprint density at radius 2 is 1.70 bits per heavy atom. The van der Waals surface area contributed by atoms with Crippen LogP contribution in [0.25, 0.3) is 11.1 Å². The Bertz CT molecular complexity index is 1010. The van der Waals surface area contributed by atoms with Crippen molar-refractivity contribution in [2.24, 2.45) is 0 Å². The third-order valence-corrected chi connectivity index (χ3v) is 7.79. The first-order valence-corrected chi connectivity index (χ1v) is 12.7. The molecule has 1 atom stereocenters. The molecule has 2 aromatic rings. The van der Waals surface area contributed by atoms with Gasteiger partial charge in [-0.25, -0.2) is 0 Å². The molecule has 2 aromatic carbocycles. The second-order valence-corrected chi connectivity index (χ2v) is 9.97. The summed E-state index contributed by atoms with van der Waals surface area (Å²) < 4.78 is 0. The van der Waals surface area contributed by atoms with E-state index >= 15 is 0 Å². The third kappa shape index (κ3) is 4.84. The number of fused-ring (bicyclic) bond motifs is 1. The molecule has 0 aromatic heterocycles. The molecule has 1 aliphatic carbocycles. The lowest BCUT2D eigenvalue weighted by Crippen LogP contribution is -2.43. The van der Waals surface area contributed by atoms with Gasteiger partial charge in [-0.05, 0) is 80.5 Å². The molecule has 0 bridgehead atoms. The molecule has 1 saturated carbocycles. The van der Waals surface area contributed by atoms with Crippen LogP contribution in [0.1, 0.15) is 71.7 Å². The highest BCUT2D eigenvalue weighted by Gasteiger charge is 2.27. The molecule has 0 unspecified atom stereocenters. The average molecular weight is 446 g/mol. The van der Waals surface area contributed by atoms with Gasteiger partial charge < -0.3 is 10.2 Å². The Morgan fingerprint density at radius 3 is 2.42 bits per heavy atom. The highest BCUT2D eigenvalue weighted by Crippen LogP contribution is 2.27. The molecular weight excluding hydrogens is 410 g/mol. The van der Waals surface area contributed by atoms with Crippen LogP contribution in [0.2, 0.25) is 0 Å². The number of rotatable bonds is 6. The van der Waals surface area contributed by atoms with Gasteiger partial charge in [-0.1, -0.05) is 37.1 Å². The quantitative estimate of drug-likeness (QED) is 0.712. The molecule has 1 N–H and O–H groups in total. The summed E-state index contributed by atoms with van der Waals surface area (Å²) in [5.74, 6) is 0.182. The molecule has 0 radical (unpaired) electrons. The molecule has 5 rings (SSSR count). The predicted octanol–water partition coefficient (Wildman–Crippen LogP) is 4.51. The smallest absolute Gasteiger partial charge is 0.254 e. The maximum Gasteiger partial charge on any atom is 0.254 e. The lowest BCUT2D eigenvalue weighted by molar-refractivity contribution is 0.0716. The third-order valence-electron chi connectivity index (χ3n) is 7.79. The number of amides is 2. The van der Waals surface area contributed by atoms with E-state index in [1.54, 1.807) is 0 Å². The zero-order valence-electron chi connectivity index (χ0n) is 19.7. The van der Waals surface area contributed by atoms with E-state index in [1.165, 1.54) is 25.7 Å². The van der Waals surface area contributed by atoms with Crippen molar-refractivity contribution in [2.45, 2.75) is 64.0 Å². The van der Waals surface area contributed by atoms with Gasteiger partial charge in [0, 0.05) is 42.8 Å². The summed E-state index contributed by atoms with van der Waals surface area (Å²) in [6, 6.07) is 15.0. The summed E-state index contributed by atoms with van der Waals surface area (Å²) in [7, 11) is 0. The van der Waals surface area contributed by atoms with Crippen molar-refractivity contribution in [1.29, 1.82) is 0 Å². The number of carbonyl (C=O) groups is 2. The van der Waals surface area contributed by atoms with Crippen LogP contribution < -0.4 is 5.32 Å². The van der Waals surface area contributed by atoms with Gasteiger partial charge in [-0.15, -0.1) is 0 Å². The molecule has 2 aliphatic heterocycles. The molecule has 2 amide bonds. The Morgan fingerprint density at radius 1 is 0.939 bits per heavy atom. The van der Waals surface area contributed by atoms with Crippen LogP contribution in [0.15, 0.2) is 42.5 Å². The molecule has 2 heterocycles. The van der Waals surface area contributed by atoms with E-state index in [-0.39, 0.29) is 11.8 Å². The molecule has 174 valence electrons. The number of hydrogen-bond donors (Lipinski definition) is 1. The maximum absolute atomic E-state index is 13.1. The Balaban J connectivity index is 1.23. The highest BCUT2D eigenvalue weighted by atomic mass is 16.2. The van der Waals surface area contributed by atoms with E-state index in [9.17, 15) is 9.59 Å². The summed E-state index contributed by atoms with van der Waals surface area (Å²) in [5.41, 5.74) is 4.86. The first-order chi connectivity index (χ1) is 16.1. The summed E-state index contributed by atoms with van der Waals surface area (Å²) in [4.78, 5) is 30.1. The lowest BCUT2D eigenvalue weighted by atomic mass is 9.93. The molecule has 2 fully saturated rings. The molecule has 33 heavy (non-hydrogen) atoms. The number of nitrogens with one attached hydrogen (secondary N) is 1. The largest absolute Gasteiger partial charge is 0.349 e. The minimum Gasteiger partial charge on any atom is -0.349 e. The normalized spacial score (nSPS) is 21.4. The minimum absolute atomic E-state index is 0.0212. The number of benzene rings is 2. The van der Waals surface area contributed by atoms with Gasteiger partial charge >= 0.3 is 0 Å². The van der Waals surface area contributed by atoms with Crippen LogP contribution in [0, 0.1) is 0 Å². The summed E-state index contributed by atoms with van der Waals surface area (Å²) in [6.07, 6.45) is 8.03. The van der Waals surface area contributed by atoms with E-state index in [1.807, 2.05) is 41.3 Å². The van der Waals surface area contributed by atoms with E-state index in [4.69, 9.17) is 0 Å². The molecule has 0 spiro atoms. The minimum atomic E-state index is 0.0212. The standard InChI is InChI=1S/C28H35N3O2/c1-20-5-4-15-30(20)17-18-31-16-14-24-19-23(12-13-26(24)28(31)33)21-8-10-22(11-9-21)27(32)29-25-6-2-3-7-25/h8-13,19-20,25H,2-7,14-18H2,1H3,(H,29,32)/t20-/m1/s1. The SMILES string of the molecule is C[C@@H]1CCCN1CCN1CCc2cc(-c3ccc(C(=O)NC4CCCC4)cc3)ccc2C1=O. The predicted molar refractivity (Wildman–Crippen MR) is 131 cm³/mol. The fourth-order valence-corrected chi connectivity index (χ4v) is 5.66. The molecule has 5 heteroatoms. The topological polar surface area (TPSA) is 52.6 Å². The molecule has 1 saturated heterocycles. The molecular formula is C28H35N3O2. The van der Waals surface area contributed by atoms with Crippen molar-refractivity contribution < 1.29 is 9.59 Å². The first kappa shape index (κ1) is 22.1. The van der Waals surface area contributed by atoms with Crippen LogP contribution in [-0.4, -0.2) is 59.9 Å². The van der Waals surface area contributed by atoms with E-state index in [0.717, 1.165) is 67.7 Å². The van der Waals surface area contributed by atoms with Crippen molar-refractivity contribution >= 4 is 11.8 Å². The Hall–Kier alpha value is -2.66. The van der Waals surface area contributed by atoms with E-state index < -0.39 is 0 Å². The highest BCUT2D eigenvalue weighted by molar-refractivity contribution is 5.97. The van der Waals surface area contributed by atoms with Crippen molar-refractivity contribution in [3.05, 3.63) is 59.2 Å². The van der Waals surface area contributed by atoms with Gasteiger partial charge in [0.2, 0.25) is 0 Å².